The predicted octanol–water partition coefficient (Wildman–Crippen LogP) is 1.54. The summed E-state index contributed by atoms with van der Waals surface area (Å²) in [7, 11) is 0. The number of benzene rings is 1. The number of nitrogens with zero attached hydrogens (tertiary/aromatic N) is 1. The minimum atomic E-state index is -2.04. The Morgan fingerprint density at radius 1 is 1.54 bits per heavy atom. The SMILES string of the molecule is Cc1ccc(S(=O)O)cc1N=C=O. The van der Waals surface area contributed by atoms with E-state index in [1.54, 1.807) is 13.0 Å². The number of rotatable bonds is 2. The summed E-state index contributed by atoms with van der Waals surface area (Å²) in [6, 6.07) is 4.52. The van der Waals surface area contributed by atoms with Crippen molar-refractivity contribution in [2.75, 3.05) is 0 Å². The molecule has 1 unspecified atom stereocenters. The number of hydrogen-bond acceptors (Lipinski definition) is 3. The molecule has 0 aliphatic rings. The normalized spacial score (nSPS) is 11.8. The molecule has 1 rings (SSSR count). The van der Waals surface area contributed by atoms with Crippen LogP contribution in [0.25, 0.3) is 0 Å². The summed E-state index contributed by atoms with van der Waals surface area (Å²) in [5.74, 6) is 0. The molecule has 5 heteroatoms. The Hall–Kier alpha value is -1.29. The highest BCUT2D eigenvalue weighted by Gasteiger charge is 2.02. The maximum atomic E-state index is 10.6. The molecule has 0 aliphatic heterocycles. The van der Waals surface area contributed by atoms with Crippen molar-refractivity contribution in [2.24, 2.45) is 4.99 Å². The predicted molar refractivity (Wildman–Crippen MR) is 48.0 cm³/mol. The Balaban J connectivity index is 3.26. The Morgan fingerprint density at radius 3 is 2.77 bits per heavy atom. The van der Waals surface area contributed by atoms with Gasteiger partial charge in [-0.1, -0.05) is 6.07 Å². The van der Waals surface area contributed by atoms with Crippen LogP contribution in [0.2, 0.25) is 0 Å². The van der Waals surface area contributed by atoms with E-state index in [-0.39, 0.29) is 4.90 Å². The highest BCUT2D eigenvalue weighted by Crippen LogP contribution is 2.20. The van der Waals surface area contributed by atoms with Crippen LogP contribution < -0.4 is 0 Å². The lowest BCUT2D eigenvalue weighted by atomic mass is 10.2. The van der Waals surface area contributed by atoms with E-state index in [0.29, 0.717) is 5.69 Å². The van der Waals surface area contributed by atoms with Crippen LogP contribution in [0.3, 0.4) is 0 Å². The van der Waals surface area contributed by atoms with Crippen LogP contribution in [0.15, 0.2) is 28.1 Å². The molecule has 0 aromatic heterocycles. The molecule has 4 nitrogen and oxygen atoms in total. The largest absolute Gasteiger partial charge is 0.302 e. The topological polar surface area (TPSA) is 66.7 Å². The highest BCUT2D eigenvalue weighted by molar-refractivity contribution is 7.79. The number of aliphatic imine (C=N–C) groups is 1. The van der Waals surface area contributed by atoms with Crippen LogP contribution in [0, 0.1) is 6.92 Å². The van der Waals surface area contributed by atoms with Crippen molar-refractivity contribution in [1.29, 1.82) is 0 Å². The van der Waals surface area contributed by atoms with Gasteiger partial charge in [-0.2, -0.15) is 4.99 Å². The third-order valence-electron chi connectivity index (χ3n) is 1.55. The van der Waals surface area contributed by atoms with Crippen LogP contribution in [0.1, 0.15) is 5.56 Å². The first-order valence-corrected chi connectivity index (χ1v) is 4.55. The average Bonchev–Trinajstić information content (AvgIpc) is 2.08. The minimum Gasteiger partial charge on any atom is -0.302 e. The Labute approximate surface area is 77.6 Å². The molecule has 0 saturated heterocycles. The second-order valence-electron chi connectivity index (χ2n) is 2.40. The molecule has 0 radical (unpaired) electrons. The smallest absolute Gasteiger partial charge is 0.240 e. The van der Waals surface area contributed by atoms with Gasteiger partial charge in [0.25, 0.3) is 0 Å². The number of carbonyl (C=O) groups excluding carboxylic acids is 1. The zero-order valence-corrected chi connectivity index (χ0v) is 7.67. The van der Waals surface area contributed by atoms with E-state index in [2.05, 4.69) is 4.99 Å². The second kappa shape index (κ2) is 4.09. The van der Waals surface area contributed by atoms with Gasteiger partial charge in [-0.3, -0.25) is 0 Å². The zero-order chi connectivity index (χ0) is 9.84. The molecule has 1 N–H and O–H groups in total. The third kappa shape index (κ3) is 2.32. The van der Waals surface area contributed by atoms with E-state index < -0.39 is 11.1 Å². The van der Waals surface area contributed by atoms with Gasteiger partial charge in [0.1, 0.15) is 0 Å². The molecule has 68 valence electrons. The van der Waals surface area contributed by atoms with Gasteiger partial charge in [-0.25, -0.2) is 9.00 Å². The fourth-order valence-corrected chi connectivity index (χ4v) is 1.26. The van der Waals surface area contributed by atoms with Gasteiger partial charge in [0.05, 0.1) is 10.6 Å². The van der Waals surface area contributed by atoms with Crippen LogP contribution >= 0.6 is 0 Å². The summed E-state index contributed by atoms with van der Waals surface area (Å²) in [6.07, 6.45) is 1.39. The van der Waals surface area contributed by atoms with Gasteiger partial charge in [-0.15, -0.1) is 0 Å². The Bertz CT molecular complexity index is 396. The molecule has 1 aromatic rings. The molecule has 0 spiro atoms. The fourth-order valence-electron chi connectivity index (χ4n) is 0.867. The first kappa shape index (κ1) is 9.80. The van der Waals surface area contributed by atoms with Gasteiger partial charge in [0.2, 0.25) is 6.08 Å². The summed E-state index contributed by atoms with van der Waals surface area (Å²) in [6.45, 7) is 1.75. The molecule has 0 aliphatic carbocycles. The monoisotopic (exact) mass is 197 g/mol. The number of aryl methyl sites for hydroxylation is 1. The van der Waals surface area contributed by atoms with Gasteiger partial charge in [0, 0.05) is 0 Å². The third-order valence-corrected chi connectivity index (χ3v) is 2.21. The minimum absolute atomic E-state index is 0.222. The van der Waals surface area contributed by atoms with Crippen molar-refractivity contribution in [3.63, 3.8) is 0 Å². The van der Waals surface area contributed by atoms with Crippen molar-refractivity contribution >= 4 is 22.8 Å². The molecule has 1 aromatic carbocycles. The summed E-state index contributed by atoms with van der Waals surface area (Å²) in [5.41, 5.74) is 1.13. The highest BCUT2D eigenvalue weighted by atomic mass is 32.2. The molecule has 0 heterocycles. The van der Waals surface area contributed by atoms with Gasteiger partial charge < -0.3 is 4.55 Å². The van der Waals surface area contributed by atoms with Gasteiger partial charge in [-0.05, 0) is 24.6 Å². The lowest BCUT2D eigenvalue weighted by Gasteiger charge is -1.99. The Kier molecular flexibility index (Phi) is 3.08. The van der Waals surface area contributed by atoms with Gasteiger partial charge in [0.15, 0.2) is 11.1 Å². The maximum Gasteiger partial charge on any atom is 0.240 e. The van der Waals surface area contributed by atoms with Crippen molar-refractivity contribution in [1.82, 2.24) is 0 Å². The molecule has 1 atom stereocenters. The standard InChI is InChI=1S/C8H7NO3S/c1-6-2-3-7(13(11)12)4-8(6)9-5-10/h2-4H,1H3,(H,11,12). The Morgan fingerprint density at radius 2 is 2.23 bits per heavy atom. The number of hydrogen-bond donors (Lipinski definition) is 1. The lowest BCUT2D eigenvalue weighted by molar-refractivity contribution is 0.563. The number of isocyanates is 1. The molecular weight excluding hydrogens is 190 g/mol. The van der Waals surface area contributed by atoms with E-state index in [9.17, 15) is 9.00 Å². The summed E-state index contributed by atoms with van der Waals surface area (Å²) in [4.78, 5) is 13.6. The van der Waals surface area contributed by atoms with Crippen LogP contribution in [0.4, 0.5) is 5.69 Å². The average molecular weight is 197 g/mol. The van der Waals surface area contributed by atoms with Crippen molar-refractivity contribution in [2.45, 2.75) is 11.8 Å². The summed E-state index contributed by atoms with van der Waals surface area (Å²) >= 11 is -2.04. The van der Waals surface area contributed by atoms with Crippen LogP contribution in [-0.4, -0.2) is 14.8 Å². The summed E-state index contributed by atoms with van der Waals surface area (Å²) < 4.78 is 19.4. The van der Waals surface area contributed by atoms with E-state index in [1.165, 1.54) is 18.2 Å². The van der Waals surface area contributed by atoms with E-state index >= 15 is 0 Å². The first-order chi connectivity index (χ1) is 6.15. The molecule has 0 fully saturated rings. The van der Waals surface area contributed by atoms with E-state index in [0.717, 1.165) is 5.56 Å². The van der Waals surface area contributed by atoms with Crippen LogP contribution in [0.5, 0.6) is 0 Å². The molecule has 0 bridgehead atoms. The first-order valence-electron chi connectivity index (χ1n) is 3.44. The quantitative estimate of drug-likeness (QED) is 0.444. The second-order valence-corrected chi connectivity index (χ2v) is 3.37. The molecule has 13 heavy (non-hydrogen) atoms. The van der Waals surface area contributed by atoms with Gasteiger partial charge >= 0.3 is 0 Å². The van der Waals surface area contributed by atoms with Crippen molar-refractivity contribution in [3.05, 3.63) is 23.8 Å². The van der Waals surface area contributed by atoms with E-state index in [1.807, 2.05) is 0 Å². The maximum absolute atomic E-state index is 10.6. The van der Waals surface area contributed by atoms with Crippen molar-refractivity contribution < 1.29 is 13.6 Å². The fraction of sp³-hybridized carbons (Fsp3) is 0.125. The van der Waals surface area contributed by atoms with Crippen LogP contribution in [-0.2, 0) is 15.9 Å². The van der Waals surface area contributed by atoms with E-state index in [4.69, 9.17) is 4.55 Å². The molecule has 0 saturated carbocycles. The zero-order valence-electron chi connectivity index (χ0n) is 6.85. The summed E-state index contributed by atoms with van der Waals surface area (Å²) in [5, 5.41) is 0. The molecular formula is C8H7NO3S. The lowest BCUT2D eigenvalue weighted by Crippen LogP contribution is -1.88. The molecule has 0 amide bonds. The van der Waals surface area contributed by atoms with Crippen molar-refractivity contribution in [3.8, 4) is 0 Å².